The number of methoxy groups -OCH3 is 2. The van der Waals surface area contributed by atoms with E-state index in [-0.39, 0.29) is 6.29 Å². The standard InChI is InChI=1S/C12H26N2O2/c1-4-14(10-12(15-2)16-3)9-11-6-5-7-13-8-11/h11-13H,4-10H2,1-3H3. The predicted molar refractivity (Wildman–Crippen MR) is 65.5 cm³/mol. The highest BCUT2D eigenvalue weighted by molar-refractivity contribution is 4.73. The molecule has 0 aromatic carbocycles. The summed E-state index contributed by atoms with van der Waals surface area (Å²) in [5, 5.41) is 3.46. The number of piperidine rings is 1. The maximum Gasteiger partial charge on any atom is 0.169 e. The Hall–Kier alpha value is -0.160. The van der Waals surface area contributed by atoms with E-state index in [1.165, 1.54) is 19.4 Å². The van der Waals surface area contributed by atoms with E-state index in [0.717, 1.165) is 32.1 Å². The first kappa shape index (κ1) is 13.9. The van der Waals surface area contributed by atoms with Crippen LogP contribution in [0.15, 0.2) is 0 Å². The van der Waals surface area contributed by atoms with Gasteiger partial charge >= 0.3 is 0 Å². The van der Waals surface area contributed by atoms with Gasteiger partial charge < -0.3 is 14.8 Å². The first-order valence-corrected chi connectivity index (χ1v) is 6.28. The second-order valence-corrected chi connectivity index (χ2v) is 4.47. The number of nitrogens with zero attached hydrogens (tertiary/aromatic N) is 1. The van der Waals surface area contributed by atoms with Crippen LogP contribution in [0.1, 0.15) is 19.8 Å². The molecule has 1 aliphatic heterocycles. The molecule has 1 fully saturated rings. The Balaban J connectivity index is 2.29. The maximum atomic E-state index is 5.24. The summed E-state index contributed by atoms with van der Waals surface area (Å²) < 4.78 is 10.5. The molecule has 0 saturated carbocycles. The highest BCUT2D eigenvalue weighted by atomic mass is 16.7. The van der Waals surface area contributed by atoms with Crippen LogP contribution < -0.4 is 5.32 Å². The van der Waals surface area contributed by atoms with Gasteiger partial charge in [0.15, 0.2) is 6.29 Å². The molecule has 1 atom stereocenters. The first-order chi connectivity index (χ1) is 7.80. The zero-order valence-electron chi connectivity index (χ0n) is 10.9. The van der Waals surface area contributed by atoms with E-state index < -0.39 is 0 Å². The molecule has 0 aliphatic carbocycles. The van der Waals surface area contributed by atoms with Crippen molar-refractivity contribution in [2.45, 2.75) is 26.1 Å². The van der Waals surface area contributed by atoms with Gasteiger partial charge in [-0.05, 0) is 38.4 Å². The lowest BCUT2D eigenvalue weighted by molar-refractivity contribution is -0.117. The molecule has 0 aromatic heterocycles. The van der Waals surface area contributed by atoms with Crippen molar-refractivity contribution >= 4 is 0 Å². The lowest BCUT2D eigenvalue weighted by Crippen LogP contribution is -2.41. The van der Waals surface area contributed by atoms with E-state index in [1.807, 2.05) is 0 Å². The lowest BCUT2D eigenvalue weighted by atomic mass is 9.99. The van der Waals surface area contributed by atoms with Gasteiger partial charge in [0.2, 0.25) is 0 Å². The van der Waals surface area contributed by atoms with Crippen molar-refractivity contribution in [3.8, 4) is 0 Å². The van der Waals surface area contributed by atoms with Gasteiger partial charge in [-0.25, -0.2) is 0 Å². The van der Waals surface area contributed by atoms with Gasteiger partial charge in [-0.2, -0.15) is 0 Å². The molecule has 0 radical (unpaired) electrons. The van der Waals surface area contributed by atoms with E-state index in [1.54, 1.807) is 14.2 Å². The molecule has 0 spiro atoms. The average Bonchev–Trinajstić information content (AvgIpc) is 2.35. The Morgan fingerprint density at radius 3 is 2.62 bits per heavy atom. The molecule has 1 N–H and O–H groups in total. The average molecular weight is 230 g/mol. The Labute approximate surface area is 99.3 Å². The zero-order chi connectivity index (χ0) is 11.8. The van der Waals surface area contributed by atoms with Crippen LogP contribution in [0.5, 0.6) is 0 Å². The van der Waals surface area contributed by atoms with Crippen LogP contribution in [-0.4, -0.2) is 58.1 Å². The fraction of sp³-hybridized carbons (Fsp3) is 1.00. The minimum Gasteiger partial charge on any atom is -0.355 e. The zero-order valence-corrected chi connectivity index (χ0v) is 10.9. The van der Waals surface area contributed by atoms with Gasteiger partial charge in [0.1, 0.15) is 0 Å². The van der Waals surface area contributed by atoms with Crippen LogP contribution in [-0.2, 0) is 9.47 Å². The second-order valence-electron chi connectivity index (χ2n) is 4.47. The van der Waals surface area contributed by atoms with Crippen molar-refractivity contribution in [3.63, 3.8) is 0 Å². The Morgan fingerprint density at radius 2 is 2.12 bits per heavy atom. The van der Waals surface area contributed by atoms with Crippen LogP contribution in [0.25, 0.3) is 0 Å². The van der Waals surface area contributed by atoms with Crippen LogP contribution in [0, 0.1) is 5.92 Å². The maximum absolute atomic E-state index is 5.24. The molecule has 0 aromatic rings. The lowest BCUT2D eigenvalue weighted by Gasteiger charge is -2.31. The van der Waals surface area contributed by atoms with Gasteiger partial charge in [0.05, 0.1) is 0 Å². The summed E-state index contributed by atoms with van der Waals surface area (Å²) in [6.07, 6.45) is 2.55. The van der Waals surface area contributed by atoms with Crippen molar-refractivity contribution in [2.75, 3.05) is 46.9 Å². The second kappa shape index (κ2) is 8.01. The molecule has 0 bridgehead atoms. The first-order valence-electron chi connectivity index (χ1n) is 6.28. The molecule has 1 rings (SSSR count). The third-order valence-electron chi connectivity index (χ3n) is 3.30. The molecule has 4 nitrogen and oxygen atoms in total. The number of ether oxygens (including phenoxy) is 2. The molecule has 96 valence electrons. The normalized spacial score (nSPS) is 21.9. The summed E-state index contributed by atoms with van der Waals surface area (Å²) in [4.78, 5) is 2.41. The summed E-state index contributed by atoms with van der Waals surface area (Å²) in [6.45, 7) is 7.59. The van der Waals surface area contributed by atoms with Crippen molar-refractivity contribution < 1.29 is 9.47 Å². The van der Waals surface area contributed by atoms with Crippen LogP contribution in [0.2, 0.25) is 0 Å². The molecule has 1 heterocycles. The molecular weight excluding hydrogens is 204 g/mol. The Bertz CT molecular complexity index is 168. The third-order valence-corrected chi connectivity index (χ3v) is 3.30. The highest BCUT2D eigenvalue weighted by Crippen LogP contribution is 2.12. The molecular formula is C12H26N2O2. The summed E-state index contributed by atoms with van der Waals surface area (Å²) in [5.41, 5.74) is 0. The Kier molecular flexibility index (Phi) is 6.96. The molecule has 1 aliphatic rings. The van der Waals surface area contributed by atoms with E-state index in [0.29, 0.717) is 0 Å². The number of nitrogens with one attached hydrogen (secondary N) is 1. The molecule has 0 amide bonds. The van der Waals surface area contributed by atoms with Crippen LogP contribution in [0.4, 0.5) is 0 Å². The number of rotatable bonds is 7. The summed E-state index contributed by atoms with van der Waals surface area (Å²) in [6, 6.07) is 0. The smallest absolute Gasteiger partial charge is 0.169 e. The fourth-order valence-corrected chi connectivity index (χ4v) is 2.23. The van der Waals surface area contributed by atoms with Gasteiger partial charge in [0, 0.05) is 27.3 Å². The van der Waals surface area contributed by atoms with Crippen molar-refractivity contribution in [2.24, 2.45) is 5.92 Å². The minimum absolute atomic E-state index is 0.100. The number of hydrogen-bond acceptors (Lipinski definition) is 4. The van der Waals surface area contributed by atoms with Gasteiger partial charge in [0.25, 0.3) is 0 Å². The van der Waals surface area contributed by atoms with Gasteiger partial charge in [-0.3, -0.25) is 4.90 Å². The highest BCUT2D eigenvalue weighted by Gasteiger charge is 2.18. The van der Waals surface area contributed by atoms with Crippen molar-refractivity contribution in [1.82, 2.24) is 10.2 Å². The van der Waals surface area contributed by atoms with Gasteiger partial charge in [-0.15, -0.1) is 0 Å². The largest absolute Gasteiger partial charge is 0.355 e. The quantitative estimate of drug-likeness (QED) is 0.660. The molecule has 4 heteroatoms. The van der Waals surface area contributed by atoms with Crippen LogP contribution >= 0.6 is 0 Å². The fourth-order valence-electron chi connectivity index (χ4n) is 2.23. The molecule has 1 saturated heterocycles. The minimum atomic E-state index is -0.100. The number of likely N-dealkylation sites (N-methyl/N-ethyl adjacent to an activating group) is 1. The summed E-state index contributed by atoms with van der Waals surface area (Å²) >= 11 is 0. The summed E-state index contributed by atoms with van der Waals surface area (Å²) in [5.74, 6) is 0.781. The van der Waals surface area contributed by atoms with E-state index >= 15 is 0 Å². The Morgan fingerprint density at radius 1 is 1.38 bits per heavy atom. The van der Waals surface area contributed by atoms with E-state index in [9.17, 15) is 0 Å². The monoisotopic (exact) mass is 230 g/mol. The molecule has 16 heavy (non-hydrogen) atoms. The van der Waals surface area contributed by atoms with Crippen molar-refractivity contribution in [1.29, 1.82) is 0 Å². The summed E-state index contributed by atoms with van der Waals surface area (Å²) in [7, 11) is 3.40. The molecule has 1 unspecified atom stereocenters. The van der Waals surface area contributed by atoms with Crippen LogP contribution in [0.3, 0.4) is 0 Å². The van der Waals surface area contributed by atoms with Crippen molar-refractivity contribution in [3.05, 3.63) is 0 Å². The third kappa shape index (κ3) is 4.78. The SMILES string of the molecule is CCN(CC1CCCNC1)CC(OC)OC. The predicted octanol–water partition coefficient (Wildman–Crippen LogP) is 0.927. The van der Waals surface area contributed by atoms with Gasteiger partial charge in [-0.1, -0.05) is 6.92 Å². The van der Waals surface area contributed by atoms with E-state index in [2.05, 4.69) is 17.1 Å². The topological polar surface area (TPSA) is 33.7 Å². The van der Waals surface area contributed by atoms with E-state index in [4.69, 9.17) is 9.47 Å². The number of hydrogen-bond donors (Lipinski definition) is 1.